The van der Waals surface area contributed by atoms with Gasteiger partial charge < -0.3 is 10.6 Å². The third-order valence-electron chi connectivity index (χ3n) is 5.43. The molecule has 1 unspecified atom stereocenters. The molecule has 3 rings (SSSR count). The molecule has 1 amide bonds. The lowest BCUT2D eigenvalue weighted by Crippen LogP contribution is -2.34. The summed E-state index contributed by atoms with van der Waals surface area (Å²) >= 11 is 0. The summed E-state index contributed by atoms with van der Waals surface area (Å²) in [5.74, 6) is -0.00135. The molecule has 1 atom stereocenters. The van der Waals surface area contributed by atoms with Crippen molar-refractivity contribution >= 4 is 17.3 Å². The second kappa shape index (κ2) is 9.56. The summed E-state index contributed by atoms with van der Waals surface area (Å²) in [6, 6.07) is 18.3. The molecule has 0 bridgehead atoms. The Morgan fingerprint density at radius 2 is 1.63 bits per heavy atom. The van der Waals surface area contributed by atoms with Gasteiger partial charge in [0.15, 0.2) is 0 Å². The molecular weight excluding hydrogens is 334 g/mol. The predicted molar refractivity (Wildman–Crippen MR) is 113 cm³/mol. The van der Waals surface area contributed by atoms with Crippen molar-refractivity contribution in [1.82, 2.24) is 4.90 Å². The van der Waals surface area contributed by atoms with Gasteiger partial charge >= 0.3 is 0 Å². The summed E-state index contributed by atoms with van der Waals surface area (Å²) < 4.78 is 0. The summed E-state index contributed by atoms with van der Waals surface area (Å²) in [6.07, 6.45) is 6.49. The molecule has 0 aliphatic heterocycles. The van der Waals surface area contributed by atoms with Gasteiger partial charge in [0.2, 0.25) is 5.91 Å². The minimum absolute atomic E-state index is 0.00135. The lowest BCUT2D eigenvalue weighted by Gasteiger charge is -2.26. The van der Waals surface area contributed by atoms with Gasteiger partial charge in [-0.3, -0.25) is 9.69 Å². The maximum atomic E-state index is 12.9. The largest absolute Gasteiger partial charge is 0.382 e. The van der Waals surface area contributed by atoms with E-state index in [1.54, 1.807) is 0 Å². The number of amides is 1. The molecule has 0 aromatic heterocycles. The summed E-state index contributed by atoms with van der Waals surface area (Å²) in [7, 11) is 1.98. The van der Waals surface area contributed by atoms with Crippen molar-refractivity contribution in [2.75, 3.05) is 24.2 Å². The molecule has 4 nitrogen and oxygen atoms in total. The average molecular weight is 366 g/mol. The Bertz CT molecular complexity index is 708. The predicted octanol–water partition coefficient (Wildman–Crippen LogP) is 5.06. The van der Waals surface area contributed by atoms with Crippen molar-refractivity contribution in [3.63, 3.8) is 0 Å². The van der Waals surface area contributed by atoms with Crippen molar-refractivity contribution in [2.24, 2.45) is 0 Å². The second-order valence-corrected chi connectivity index (χ2v) is 7.43. The first-order chi connectivity index (χ1) is 13.2. The van der Waals surface area contributed by atoms with Crippen molar-refractivity contribution < 1.29 is 4.79 Å². The number of likely N-dealkylation sites (N-methyl/N-ethyl adjacent to an activating group) is 1. The molecule has 0 radical (unpaired) electrons. The molecule has 0 heterocycles. The zero-order chi connectivity index (χ0) is 19.1. The molecular formula is C23H31N3O. The minimum Gasteiger partial charge on any atom is -0.382 e. The monoisotopic (exact) mass is 365 g/mol. The quantitative estimate of drug-likeness (QED) is 0.720. The first kappa shape index (κ1) is 19.4. The maximum absolute atomic E-state index is 12.9. The van der Waals surface area contributed by atoms with E-state index in [0.29, 0.717) is 6.04 Å². The van der Waals surface area contributed by atoms with E-state index in [1.165, 1.54) is 32.1 Å². The van der Waals surface area contributed by atoms with Crippen molar-refractivity contribution in [3.8, 4) is 0 Å². The molecule has 2 aromatic rings. The number of hydrogen-bond donors (Lipinski definition) is 2. The van der Waals surface area contributed by atoms with Gasteiger partial charge in [-0.15, -0.1) is 0 Å². The number of hydrogen-bond acceptors (Lipinski definition) is 3. The molecule has 27 heavy (non-hydrogen) atoms. The number of nitrogens with one attached hydrogen (secondary N) is 2. The number of benzene rings is 2. The van der Waals surface area contributed by atoms with E-state index in [-0.39, 0.29) is 11.9 Å². The van der Waals surface area contributed by atoms with Crippen LogP contribution in [0.15, 0.2) is 54.6 Å². The Morgan fingerprint density at radius 3 is 2.26 bits per heavy atom. The molecule has 0 spiro atoms. The summed E-state index contributed by atoms with van der Waals surface area (Å²) in [6.45, 7) is 2.87. The van der Waals surface area contributed by atoms with Crippen LogP contribution in [0.2, 0.25) is 0 Å². The van der Waals surface area contributed by atoms with Crippen LogP contribution < -0.4 is 10.6 Å². The highest BCUT2D eigenvalue weighted by molar-refractivity contribution is 5.95. The third kappa shape index (κ3) is 5.33. The van der Waals surface area contributed by atoms with Crippen LogP contribution >= 0.6 is 0 Å². The Kier molecular flexibility index (Phi) is 6.88. The van der Waals surface area contributed by atoms with E-state index in [9.17, 15) is 4.79 Å². The Hall–Kier alpha value is -2.33. The van der Waals surface area contributed by atoms with E-state index in [4.69, 9.17) is 0 Å². The summed E-state index contributed by atoms with van der Waals surface area (Å²) in [4.78, 5) is 15.0. The Morgan fingerprint density at radius 1 is 1.00 bits per heavy atom. The van der Waals surface area contributed by atoms with Crippen LogP contribution in [0.3, 0.4) is 0 Å². The average Bonchev–Trinajstić information content (AvgIpc) is 2.71. The topological polar surface area (TPSA) is 44.4 Å². The summed E-state index contributed by atoms with van der Waals surface area (Å²) in [5.41, 5.74) is 2.97. The van der Waals surface area contributed by atoms with Crippen LogP contribution in [0.4, 0.5) is 11.4 Å². The van der Waals surface area contributed by atoms with E-state index >= 15 is 0 Å². The third-order valence-corrected chi connectivity index (χ3v) is 5.43. The van der Waals surface area contributed by atoms with E-state index in [1.807, 2.05) is 49.5 Å². The highest BCUT2D eigenvalue weighted by atomic mass is 16.2. The van der Waals surface area contributed by atoms with Gasteiger partial charge in [0.1, 0.15) is 6.04 Å². The van der Waals surface area contributed by atoms with Crippen LogP contribution in [0.5, 0.6) is 0 Å². The molecule has 1 aliphatic carbocycles. The smallest absolute Gasteiger partial charge is 0.246 e. The van der Waals surface area contributed by atoms with E-state index in [2.05, 4.69) is 34.6 Å². The maximum Gasteiger partial charge on any atom is 0.246 e. The SMILES string of the molecule is CCN(C)C(C(=O)Nc1ccc(NC2CCCCC2)cc1)c1ccccc1. The Balaban J connectivity index is 1.64. The number of nitrogens with zero attached hydrogens (tertiary/aromatic N) is 1. The second-order valence-electron chi connectivity index (χ2n) is 7.43. The highest BCUT2D eigenvalue weighted by Crippen LogP contribution is 2.24. The van der Waals surface area contributed by atoms with Gasteiger partial charge in [-0.2, -0.15) is 0 Å². The molecule has 1 fully saturated rings. The van der Waals surface area contributed by atoms with Crippen LogP contribution in [0.1, 0.15) is 50.6 Å². The van der Waals surface area contributed by atoms with E-state index < -0.39 is 0 Å². The Labute approximate surface area is 163 Å². The molecule has 144 valence electrons. The molecule has 1 saturated carbocycles. The normalized spacial score (nSPS) is 16.1. The van der Waals surface area contributed by atoms with Crippen molar-refractivity contribution in [2.45, 2.75) is 51.1 Å². The van der Waals surface area contributed by atoms with E-state index in [0.717, 1.165) is 23.5 Å². The van der Waals surface area contributed by atoms with Gasteiger partial charge in [0.25, 0.3) is 0 Å². The lowest BCUT2D eigenvalue weighted by molar-refractivity contribution is -0.121. The zero-order valence-corrected chi connectivity index (χ0v) is 16.4. The van der Waals surface area contributed by atoms with Crippen LogP contribution in [0, 0.1) is 0 Å². The standard InChI is InChI=1S/C23H31N3O/c1-3-26(2)22(18-10-6-4-7-11-18)23(27)25-21-16-14-20(15-17-21)24-19-12-8-5-9-13-19/h4,6-7,10-11,14-17,19,22,24H,3,5,8-9,12-13H2,1-2H3,(H,25,27). The fraction of sp³-hybridized carbons (Fsp3) is 0.435. The number of rotatable bonds is 7. The van der Waals surface area contributed by atoms with Crippen molar-refractivity contribution in [1.29, 1.82) is 0 Å². The van der Waals surface area contributed by atoms with Gasteiger partial charge in [0.05, 0.1) is 0 Å². The van der Waals surface area contributed by atoms with Crippen LogP contribution in [-0.2, 0) is 4.79 Å². The zero-order valence-electron chi connectivity index (χ0n) is 16.4. The molecule has 2 aromatic carbocycles. The van der Waals surface area contributed by atoms with Gasteiger partial charge in [-0.25, -0.2) is 0 Å². The number of carbonyl (C=O) groups excluding carboxylic acids is 1. The van der Waals surface area contributed by atoms with Crippen molar-refractivity contribution in [3.05, 3.63) is 60.2 Å². The minimum atomic E-state index is -0.295. The van der Waals surface area contributed by atoms with Gasteiger partial charge in [-0.05, 0) is 56.3 Å². The lowest BCUT2D eigenvalue weighted by atomic mass is 9.95. The van der Waals surface area contributed by atoms with Crippen LogP contribution in [-0.4, -0.2) is 30.4 Å². The molecule has 1 aliphatic rings. The summed E-state index contributed by atoms with van der Waals surface area (Å²) in [5, 5.41) is 6.69. The van der Waals surface area contributed by atoms with Gasteiger partial charge in [-0.1, -0.05) is 56.5 Å². The first-order valence-electron chi connectivity index (χ1n) is 10.1. The number of carbonyl (C=O) groups is 1. The van der Waals surface area contributed by atoms with Gasteiger partial charge in [0, 0.05) is 17.4 Å². The molecule has 2 N–H and O–H groups in total. The first-order valence-corrected chi connectivity index (χ1v) is 10.1. The fourth-order valence-electron chi connectivity index (χ4n) is 3.77. The van der Waals surface area contributed by atoms with Crippen LogP contribution in [0.25, 0.3) is 0 Å². The highest BCUT2D eigenvalue weighted by Gasteiger charge is 2.24. The molecule has 4 heteroatoms. The fourth-order valence-corrected chi connectivity index (χ4v) is 3.77. The molecule has 0 saturated heterocycles. The number of anilines is 2.